The topological polar surface area (TPSA) is 128 Å². The number of hydrogen-bond acceptors (Lipinski definition) is 11. The third kappa shape index (κ3) is 11.3. The monoisotopic (exact) mass is 945 g/mol. The number of halogens is 5. The Morgan fingerprint density at radius 3 is 2.35 bits per heavy atom. The Hall–Kier alpha value is -4.30. The summed E-state index contributed by atoms with van der Waals surface area (Å²) in [6.45, 7) is 4.12. The normalized spacial score (nSPS) is 16.2. The van der Waals surface area contributed by atoms with E-state index < -0.39 is 52.7 Å². The van der Waals surface area contributed by atoms with Crippen LogP contribution in [0, 0.1) is 5.82 Å². The highest BCUT2D eigenvalue weighted by Crippen LogP contribution is 2.38. The number of benzene rings is 4. The maximum atomic E-state index is 14.4. The van der Waals surface area contributed by atoms with Gasteiger partial charge in [-0.15, -0.1) is 11.8 Å². The molecule has 0 saturated carbocycles. The molecule has 4 aromatic carbocycles. The van der Waals surface area contributed by atoms with Gasteiger partial charge in [0.2, 0.25) is 0 Å². The van der Waals surface area contributed by atoms with Gasteiger partial charge in [0.05, 0.1) is 16.3 Å². The van der Waals surface area contributed by atoms with Crippen molar-refractivity contribution in [1.29, 1.82) is 0 Å². The lowest BCUT2D eigenvalue weighted by atomic mass is 9.96. The molecule has 0 aliphatic carbocycles. The van der Waals surface area contributed by atoms with Crippen molar-refractivity contribution in [3.63, 3.8) is 0 Å². The molecule has 1 atom stereocenters. The minimum Gasteiger partial charge on any atom is -0.380 e. The summed E-state index contributed by atoms with van der Waals surface area (Å²) >= 11 is 7.25. The van der Waals surface area contributed by atoms with Crippen LogP contribution in [0.5, 0.6) is 0 Å². The van der Waals surface area contributed by atoms with E-state index >= 15 is 0 Å². The Balaban J connectivity index is 1.04. The highest BCUT2D eigenvalue weighted by molar-refractivity contribution is 7.99. The number of aromatic nitrogens is 2. The lowest BCUT2D eigenvalue weighted by Gasteiger charge is -2.40. The van der Waals surface area contributed by atoms with Gasteiger partial charge in [-0.2, -0.15) is 13.2 Å². The predicted octanol–water partition coefficient (Wildman–Crippen LogP) is 8.58. The van der Waals surface area contributed by atoms with Crippen LogP contribution in [0.25, 0.3) is 11.1 Å². The molecule has 336 valence electrons. The van der Waals surface area contributed by atoms with Crippen LogP contribution in [0.4, 0.5) is 29.1 Å². The second-order valence-corrected chi connectivity index (χ2v) is 21.0. The Morgan fingerprint density at radius 2 is 1.63 bits per heavy atom. The van der Waals surface area contributed by atoms with E-state index in [2.05, 4.69) is 48.0 Å². The molecule has 5 aromatic rings. The van der Waals surface area contributed by atoms with Gasteiger partial charge in [-0.25, -0.2) is 31.2 Å². The number of likely N-dealkylation sites (tertiary alicyclic amines) is 1. The Morgan fingerprint density at radius 1 is 0.921 bits per heavy atom. The van der Waals surface area contributed by atoms with Gasteiger partial charge in [-0.3, -0.25) is 14.5 Å². The van der Waals surface area contributed by atoms with Gasteiger partial charge >= 0.3 is 5.51 Å². The fourth-order valence-corrected chi connectivity index (χ4v) is 11.2. The van der Waals surface area contributed by atoms with E-state index in [9.17, 15) is 34.4 Å². The fourth-order valence-electron chi connectivity index (χ4n) is 7.93. The SMILES string of the molecule is CN(C)CCC(CSc1ccccc1F)Nc1ccc(S(=O)(=O)Nc2ncnc3c2CCN(C2CCN(Cc4ccccc4-c4ccc(Cl)cc4)CC2)C3)cc1S(=O)(=O)C(F)(F)F. The molecule has 1 fully saturated rings. The van der Waals surface area contributed by atoms with Crippen LogP contribution in [-0.4, -0.2) is 105 Å². The van der Waals surface area contributed by atoms with Crippen molar-refractivity contribution in [2.75, 3.05) is 56.1 Å². The molecule has 11 nitrogen and oxygen atoms in total. The van der Waals surface area contributed by atoms with Crippen molar-refractivity contribution in [3.05, 3.63) is 125 Å². The van der Waals surface area contributed by atoms with Crippen molar-refractivity contribution in [2.45, 2.75) is 71.1 Å². The van der Waals surface area contributed by atoms with Crippen molar-refractivity contribution in [2.24, 2.45) is 0 Å². The molecule has 1 unspecified atom stereocenters. The average molecular weight is 947 g/mol. The molecule has 0 bridgehead atoms. The van der Waals surface area contributed by atoms with Crippen LogP contribution in [0.2, 0.25) is 5.02 Å². The summed E-state index contributed by atoms with van der Waals surface area (Å²) < 4.78 is 113. The number of rotatable bonds is 16. The molecule has 7 rings (SSSR count). The second kappa shape index (κ2) is 19.8. The summed E-state index contributed by atoms with van der Waals surface area (Å²) in [4.78, 5) is 13.7. The zero-order valence-corrected chi connectivity index (χ0v) is 37.9. The Kier molecular flexibility index (Phi) is 14.7. The third-order valence-electron chi connectivity index (χ3n) is 11.3. The van der Waals surface area contributed by atoms with Gasteiger partial charge in [-0.05, 0) is 119 Å². The van der Waals surface area contributed by atoms with Crippen LogP contribution < -0.4 is 10.0 Å². The fraction of sp³-hybridized carbons (Fsp3) is 0.364. The highest BCUT2D eigenvalue weighted by Gasteiger charge is 2.48. The summed E-state index contributed by atoms with van der Waals surface area (Å²) in [5, 5.41) is 3.59. The van der Waals surface area contributed by atoms with Gasteiger partial charge in [0, 0.05) is 53.0 Å². The highest BCUT2D eigenvalue weighted by atomic mass is 35.5. The van der Waals surface area contributed by atoms with Crippen molar-refractivity contribution in [3.8, 4) is 11.1 Å². The van der Waals surface area contributed by atoms with Crippen LogP contribution in [0.3, 0.4) is 0 Å². The third-order valence-corrected chi connectivity index (χ3v) is 15.7. The first kappa shape index (κ1) is 46.7. The van der Waals surface area contributed by atoms with E-state index in [1.165, 1.54) is 29.6 Å². The van der Waals surface area contributed by atoms with Crippen LogP contribution in [0.15, 0.2) is 112 Å². The van der Waals surface area contributed by atoms with Gasteiger partial charge in [0.15, 0.2) is 0 Å². The number of nitrogens with zero attached hydrogens (tertiary/aromatic N) is 5. The van der Waals surface area contributed by atoms with Crippen LogP contribution >= 0.6 is 23.4 Å². The van der Waals surface area contributed by atoms with E-state index in [0.717, 1.165) is 61.9 Å². The Labute approximate surface area is 375 Å². The molecular formula is C44H48ClF4N7O4S3. The minimum atomic E-state index is -6.05. The molecule has 0 amide bonds. The zero-order chi connectivity index (χ0) is 44.9. The molecule has 3 heterocycles. The second-order valence-electron chi connectivity index (χ2n) is 15.9. The molecule has 0 spiro atoms. The number of piperidine rings is 1. The van der Waals surface area contributed by atoms with Gasteiger partial charge in [0.1, 0.15) is 22.9 Å². The molecule has 2 N–H and O–H groups in total. The number of hydrogen-bond donors (Lipinski definition) is 2. The van der Waals surface area contributed by atoms with E-state index in [4.69, 9.17) is 11.6 Å². The van der Waals surface area contributed by atoms with Crippen LogP contribution in [-0.2, 0) is 39.4 Å². The Bertz CT molecular complexity index is 2620. The van der Waals surface area contributed by atoms with E-state index in [1.54, 1.807) is 26.2 Å². The smallest absolute Gasteiger partial charge is 0.380 e. The maximum Gasteiger partial charge on any atom is 0.501 e. The van der Waals surface area contributed by atoms with E-state index in [0.29, 0.717) is 59.7 Å². The number of fused-ring (bicyclic) bond motifs is 1. The van der Waals surface area contributed by atoms with Crippen molar-refractivity contribution < 1.29 is 34.4 Å². The number of thioether (sulfide) groups is 1. The quantitative estimate of drug-likeness (QED) is 0.0730. The summed E-state index contributed by atoms with van der Waals surface area (Å²) in [5.74, 6) is -0.331. The van der Waals surface area contributed by atoms with Crippen molar-refractivity contribution >= 4 is 54.7 Å². The molecule has 1 saturated heterocycles. The standard InChI is InChI=1S/C44H48ClF4N7O4S3/c1-54(2)21-17-33(28-61-41-10-6-5-9-38(41)46)52-39-16-15-35(25-42(39)62(57,58)44(47,48)49)63(59,60)53-43-37-20-24-56(27-40(37)50-29-51-43)34-18-22-55(23-19-34)26-31-7-3-4-8-36(31)30-11-13-32(45)14-12-30/h3-16,25,29,33-34,52H,17-24,26-28H2,1-2H3,(H,50,51,53). The molecular weight excluding hydrogens is 898 g/mol. The zero-order valence-electron chi connectivity index (χ0n) is 34.7. The lowest BCUT2D eigenvalue weighted by molar-refractivity contribution is -0.0435. The van der Waals surface area contributed by atoms with Gasteiger partial charge in [0.25, 0.3) is 19.9 Å². The summed E-state index contributed by atoms with van der Waals surface area (Å²) in [6, 6.07) is 24.5. The minimum absolute atomic E-state index is 0.0230. The van der Waals surface area contributed by atoms with E-state index in [1.807, 2.05) is 35.2 Å². The number of sulfone groups is 1. The maximum absolute atomic E-state index is 14.4. The largest absolute Gasteiger partial charge is 0.501 e. The van der Waals surface area contributed by atoms with Crippen LogP contribution in [0.1, 0.15) is 36.1 Å². The first-order valence-electron chi connectivity index (χ1n) is 20.4. The van der Waals surface area contributed by atoms with Gasteiger partial charge in [-0.1, -0.05) is 60.1 Å². The summed E-state index contributed by atoms with van der Waals surface area (Å²) in [6.07, 6.45) is 3.85. The number of nitrogens with one attached hydrogen (secondary N) is 2. The predicted molar refractivity (Wildman–Crippen MR) is 240 cm³/mol. The van der Waals surface area contributed by atoms with Crippen molar-refractivity contribution in [1.82, 2.24) is 24.7 Å². The average Bonchev–Trinajstić information content (AvgIpc) is 3.25. The molecule has 2 aliphatic heterocycles. The number of anilines is 2. The molecule has 63 heavy (non-hydrogen) atoms. The number of alkyl halides is 3. The lowest BCUT2D eigenvalue weighted by Crippen LogP contribution is -2.46. The molecule has 1 aromatic heterocycles. The first-order chi connectivity index (χ1) is 30.0. The molecule has 2 aliphatic rings. The van der Waals surface area contributed by atoms with E-state index in [-0.39, 0.29) is 17.6 Å². The first-order valence-corrected chi connectivity index (χ1v) is 24.7. The molecule has 0 radical (unpaired) electrons. The number of sulfonamides is 1. The summed E-state index contributed by atoms with van der Waals surface area (Å²) in [5.41, 5.74) is -1.46. The van der Waals surface area contributed by atoms with Gasteiger partial charge < -0.3 is 10.2 Å². The summed E-state index contributed by atoms with van der Waals surface area (Å²) in [7, 11) is -7.11. The molecule has 19 heteroatoms.